The molecule has 16 heavy (non-hydrogen) atoms. The molecule has 0 bridgehead atoms. The minimum absolute atomic E-state index is 1.07. The Bertz CT molecular complexity index is 626. The maximum Gasteiger partial charge on any atom is 0.0883 e. The maximum absolute atomic E-state index is 4.65. The second-order valence-corrected chi connectivity index (χ2v) is 4.76. The lowest BCUT2D eigenvalue weighted by atomic mass is 10.1. The van der Waals surface area contributed by atoms with Gasteiger partial charge in [0.25, 0.3) is 0 Å². The van der Waals surface area contributed by atoms with Crippen LogP contribution in [0.4, 0.5) is 0 Å². The van der Waals surface area contributed by atoms with Gasteiger partial charge in [-0.2, -0.15) is 0 Å². The fourth-order valence-electron chi connectivity index (χ4n) is 1.93. The Morgan fingerprint density at radius 1 is 1.06 bits per heavy atom. The molecule has 0 atom stereocenters. The van der Waals surface area contributed by atoms with Crippen LogP contribution in [0.3, 0.4) is 0 Å². The molecule has 0 unspecified atom stereocenters. The predicted molar refractivity (Wildman–Crippen MR) is 69.8 cm³/mol. The molecule has 2 heteroatoms. The molecule has 0 aliphatic rings. The van der Waals surface area contributed by atoms with Gasteiger partial charge in [0.2, 0.25) is 0 Å². The highest BCUT2D eigenvalue weighted by Gasteiger charge is 2.06. The molecule has 1 nitrogen and oxygen atoms in total. The van der Waals surface area contributed by atoms with Crippen LogP contribution in [0.1, 0.15) is 5.69 Å². The highest BCUT2D eigenvalue weighted by Crippen LogP contribution is 2.30. The SMILES string of the molecule is Cc1cc2ccccc2c(-c2cccs2)n1. The number of aromatic nitrogens is 1. The van der Waals surface area contributed by atoms with Crippen molar-refractivity contribution in [3.8, 4) is 10.6 Å². The zero-order valence-corrected chi connectivity index (χ0v) is 9.79. The molecule has 0 radical (unpaired) electrons. The highest BCUT2D eigenvalue weighted by atomic mass is 32.1. The average molecular weight is 225 g/mol. The third-order valence-corrected chi connectivity index (χ3v) is 3.50. The van der Waals surface area contributed by atoms with E-state index in [0.717, 1.165) is 11.4 Å². The minimum atomic E-state index is 1.07. The van der Waals surface area contributed by atoms with Crippen LogP contribution in [0.5, 0.6) is 0 Å². The summed E-state index contributed by atoms with van der Waals surface area (Å²) >= 11 is 1.74. The van der Waals surface area contributed by atoms with Gasteiger partial charge in [-0.25, -0.2) is 0 Å². The monoisotopic (exact) mass is 225 g/mol. The van der Waals surface area contributed by atoms with Gasteiger partial charge in [0.15, 0.2) is 0 Å². The minimum Gasteiger partial charge on any atom is -0.252 e. The van der Waals surface area contributed by atoms with Crippen molar-refractivity contribution < 1.29 is 0 Å². The first-order valence-corrected chi connectivity index (χ1v) is 6.13. The summed E-state index contributed by atoms with van der Waals surface area (Å²) < 4.78 is 0. The Morgan fingerprint density at radius 3 is 2.75 bits per heavy atom. The Labute approximate surface area is 98.4 Å². The van der Waals surface area contributed by atoms with Crippen molar-refractivity contribution in [3.63, 3.8) is 0 Å². The van der Waals surface area contributed by atoms with Crippen LogP contribution in [-0.2, 0) is 0 Å². The van der Waals surface area contributed by atoms with Crippen LogP contribution in [0.2, 0.25) is 0 Å². The van der Waals surface area contributed by atoms with Crippen LogP contribution in [0.25, 0.3) is 21.3 Å². The van der Waals surface area contributed by atoms with Gasteiger partial charge in [-0.05, 0) is 29.8 Å². The van der Waals surface area contributed by atoms with E-state index < -0.39 is 0 Å². The zero-order chi connectivity index (χ0) is 11.0. The molecule has 3 rings (SSSR count). The van der Waals surface area contributed by atoms with Gasteiger partial charge < -0.3 is 0 Å². The number of hydrogen-bond acceptors (Lipinski definition) is 2. The number of rotatable bonds is 1. The molecule has 0 aliphatic carbocycles. The number of nitrogens with zero attached hydrogens (tertiary/aromatic N) is 1. The lowest BCUT2D eigenvalue weighted by Gasteiger charge is -2.05. The van der Waals surface area contributed by atoms with Gasteiger partial charge in [-0.1, -0.05) is 30.3 Å². The van der Waals surface area contributed by atoms with E-state index in [4.69, 9.17) is 0 Å². The van der Waals surface area contributed by atoms with Crippen LogP contribution < -0.4 is 0 Å². The average Bonchev–Trinajstić information content (AvgIpc) is 2.81. The van der Waals surface area contributed by atoms with E-state index in [9.17, 15) is 0 Å². The number of aryl methyl sites for hydroxylation is 1. The second kappa shape index (κ2) is 3.72. The molecule has 2 heterocycles. The fraction of sp³-hybridized carbons (Fsp3) is 0.0714. The molecule has 0 saturated carbocycles. The Morgan fingerprint density at radius 2 is 1.94 bits per heavy atom. The van der Waals surface area contributed by atoms with Crippen molar-refractivity contribution in [1.82, 2.24) is 4.98 Å². The molecular formula is C14H11NS. The molecule has 78 valence electrons. The maximum atomic E-state index is 4.65. The van der Waals surface area contributed by atoms with E-state index in [-0.39, 0.29) is 0 Å². The fourth-order valence-corrected chi connectivity index (χ4v) is 2.66. The zero-order valence-electron chi connectivity index (χ0n) is 8.97. The van der Waals surface area contributed by atoms with Crippen LogP contribution in [0.15, 0.2) is 47.8 Å². The summed E-state index contributed by atoms with van der Waals surface area (Å²) in [7, 11) is 0. The number of benzene rings is 1. The Balaban J connectivity index is 2.39. The topological polar surface area (TPSA) is 12.9 Å². The van der Waals surface area contributed by atoms with E-state index >= 15 is 0 Å². The van der Waals surface area contributed by atoms with Gasteiger partial charge in [-0.15, -0.1) is 11.3 Å². The molecular weight excluding hydrogens is 214 g/mol. The van der Waals surface area contributed by atoms with Crippen molar-refractivity contribution >= 4 is 22.1 Å². The highest BCUT2D eigenvalue weighted by molar-refractivity contribution is 7.13. The van der Waals surface area contributed by atoms with Crippen LogP contribution in [-0.4, -0.2) is 4.98 Å². The number of thiophene rings is 1. The van der Waals surface area contributed by atoms with Crippen molar-refractivity contribution in [2.75, 3.05) is 0 Å². The molecule has 0 spiro atoms. The first-order valence-electron chi connectivity index (χ1n) is 5.25. The molecule has 2 aromatic heterocycles. The number of hydrogen-bond donors (Lipinski definition) is 0. The smallest absolute Gasteiger partial charge is 0.0883 e. The van der Waals surface area contributed by atoms with Gasteiger partial charge in [-0.3, -0.25) is 4.98 Å². The standard InChI is InChI=1S/C14H11NS/c1-10-9-11-5-2-3-6-12(11)14(15-10)13-7-4-8-16-13/h2-9H,1H3. The Kier molecular flexibility index (Phi) is 2.22. The quantitative estimate of drug-likeness (QED) is 0.602. The van der Waals surface area contributed by atoms with E-state index in [0.29, 0.717) is 0 Å². The third kappa shape index (κ3) is 1.51. The summed E-state index contributed by atoms with van der Waals surface area (Å²) in [5.41, 5.74) is 2.17. The molecule has 1 aromatic carbocycles. The van der Waals surface area contributed by atoms with Gasteiger partial charge in [0.05, 0.1) is 10.6 Å². The van der Waals surface area contributed by atoms with E-state index in [1.165, 1.54) is 15.6 Å². The van der Waals surface area contributed by atoms with Crippen molar-refractivity contribution in [2.45, 2.75) is 6.92 Å². The first-order chi connectivity index (χ1) is 7.84. The summed E-state index contributed by atoms with van der Waals surface area (Å²) in [6.07, 6.45) is 0. The van der Waals surface area contributed by atoms with Crippen LogP contribution in [0, 0.1) is 6.92 Å². The predicted octanol–water partition coefficient (Wildman–Crippen LogP) is 4.27. The number of pyridine rings is 1. The molecule has 0 fully saturated rings. The summed E-state index contributed by atoms with van der Waals surface area (Å²) in [6.45, 7) is 2.05. The molecule has 0 N–H and O–H groups in total. The number of fused-ring (bicyclic) bond motifs is 1. The molecule has 3 aromatic rings. The summed E-state index contributed by atoms with van der Waals surface area (Å²) in [4.78, 5) is 5.89. The lowest BCUT2D eigenvalue weighted by molar-refractivity contribution is 1.23. The van der Waals surface area contributed by atoms with Crippen molar-refractivity contribution in [3.05, 3.63) is 53.5 Å². The molecule has 0 saturated heterocycles. The first kappa shape index (κ1) is 9.55. The van der Waals surface area contributed by atoms with E-state index in [1.807, 2.05) is 6.92 Å². The lowest BCUT2D eigenvalue weighted by Crippen LogP contribution is -1.87. The molecule has 0 aliphatic heterocycles. The summed E-state index contributed by atoms with van der Waals surface area (Å²) in [5.74, 6) is 0. The molecule has 0 amide bonds. The van der Waals surface area contributed by atoms with Crippen molar-refractivity contribution in [1.29, 1.82) is 0 Å². The third-order valence-electron chi connectivity index (χ3n) is 2.62. The van der Waals surface area contributed by atoms with E-state index in [2.05, 4.69) is 52.8 Å². The van der Waals surface area contributed by atoms with Gasteiger partial charge in [0.1, 0.15) is 0 Å². The summed E-state index contributed by atoms with van der Waals surface area (Å²) in [5, 5.41) is 4.59. The van der Waals surface area contributed by atoms with E-state index in [1.54, 1.807) is 11.3 Å². The van der Waals surface area contributed by atoms with Gasteiger partial charge in [0, 0.05) is 11.1 Å². The van der Waals surface area contributed by atoms with Crippen LogP contribution >= 0.6 is 11.3 Å². The largest absolute Gasteiger partial charge is 0.252 e. The Hall–Kier alpha value is -1.67. The van der Waals surface area contributed by atoms with Crippen molar-refractivity contribution in [2.24, 2.45) is 0 Å². The van der Waals surface area contributed by atoms with Gasteiger partial charge >= 0.3 is 0 Å². The second-order valence-electron chi connectivity index (χ2n) is 3.81. The normalized spacial score (nSPS) is 10.8. The summed E-state index contributed by atoms with van der Waals surface area (Å²) in [6, 6.07) is 14.7.